The van der Waals surface area contributed by atoms with Gasteiger partial charge in [0.15, 0.2) is 0 Å². The van der Waals surface area contributed by atoms with Crippen molar-refractivity contribution in [3.8, 4) is 0 Å². The van der Waals surface area contributed by atoms with E-state index in [1.165, 1.54) is 0 Å². The van der Waals surface area contributed by atoms with Crippen molar-refractivity contribution in [2.45, 2.75) is 0 Å². The van der Waals surface area contributed by atoms with Gasteiger partial charge >= 0.3 is 0 Å². The molecule has 0 radical (unpaired) electrons. The van der Waals surface area contributed by atoms with Crippen LogP contribution in [0.1, 0.15) is 21.6 Å². The first-order chi connectivity index (χ1) is 12.8. The molecule has 0 unspecified atom stereocenters. The highest BCUT2D eigenvalue weighted by Crippen LogP contribution is 2.22. The third kappa shape index (κ3) is 3.34. The van der Waals surface area contributed by atoms with E-state index in [0.717, 1.165) is 22.2 Å². The van der Waals surface area contributed by atoms with Crippen LogP contribution >= 0.6 is 0 Å². The van der Waals surface area contributed by atoms with Crippen molar-refractivity contribution < 1.29 is 4.79 Å². The van der Waals surface area contributed by atoms with Gasteiger partial charge in [-0.15, -0.1) is 0 Å². The van der Waals surface area contributed by atoms with Crippen LogP contribution in [0.4, 0.5) is 5.69 Å². The molecule has 1 amide bonds. The molecule has 3 heterocycles. The topological polar surface area (TPSA) is 83.6 Å². The second-order valence-corrected chi connectivity index (χ2v) is 5.68. The molecule has 1 aromatic carbocycles. The maximum absolute atomic E-state index is 12.3. The van der Waals surface area contributed by atoms with Gasteiger partial charge in [-0.05, 0) is 48.0 Å². The van der Waals surface area contributed by atoms with Gasteiger partial charge in [0.25, 0.3) is 5.91 Å². The first-order valence-corrected chi connectivity index (χ1v) is 8.07. The number of carbonyl (C=O) groups excluding carboxylic acids is 1. The van der Waals surface area contributed by atoms with Crippen molar-refractivity contribution in [2.24, 2.45) is 0 Å². The first-order valence-electron chi connectivity index (χ1n) is 8.07. The number of nitrogens with zero attached hydrogens (tertiary/aromatic N) is 3. The van der Waals surface area contributed by atoms with Gasteiger partial charge in [-0.2, -0.15) is 5.10 Å². The average Bonchev–Trinajstić information content (AvgIpc) is 3.10. The molecule has 4 rings (SSSR count). The highest BCUT2D eigenvalue weighted by atomic mass is 16.1. The number of rotatable bonds is 4. The lowest BCUT2D eigenvalue weighted by molar-refractivity contribution is 0.102. The van der Waals surface area contributed by atoms with Gasteiger partial charge in [0.2, 0.25) is 0 Å². The minimum atomic E-state index is -0.178. The van der Waals surface area contributed by atoms with Crippen LogP contribution in [-0.4, -0.2) is 26.1 Å². The predicted molar refractivity (Wildman–Crippen MR) is 101 cm³/mol. The summed E-state index contributed by atoms with van der Waals surface area (Å²) in [6, 6.07) is 12.8. The van der Waals surface area contributed by atoms with E-state index in [-0.39, 0.29) is 5.91 Å². The van der Waals surface area contributed by atoms with Crippen LogP contribution in [0.3, 0.4) is 0 Å². The number of amides is 1. The minimum Gasteiger partial charge on any atom is -0.322 e. The quantitative estimate of drug-likeness (QED) is 0.592. The Hall–Kier alpha value is -3.80. The summed E-state index contributed by atoms with van der Waals surface area (Å²) in [5.41, 5.74) is 3.95. The molecule has 0 aliphatic heterocycles. The summed E-state index contributed by atoms with van der Waals surface area (Å²) in [4.78, 5) is 20.3. The molecule has 6 nitrogen and oxygen atoms in total. The lowest BCUT2D eigenvalue weighted by Gasteiger charge is -2.05. The summed E-state index contributed by atoms with van der Waals surface area (Å²) < 4.78 is 0. The number of hydrogen-bond donors (Lipinski definition) is 2. The Bertz CT molecular complexity index is 1070. The van der Waals surface area contributed by atoms with E-state index in [9.17, 15) is 4.79 Å². The van der Waals surface area contributed by atoms with E-state index in [1.807, 2.05) is 42.5 Å². The third-order valence-corrected chi connectivity index (χ3v) is 3.91. The van der Waals surface area contributed by atoms with E-state index in [0.29, 0.717) is 11.3 Å². The Labute approximate surface area is 149 Å². The molecule has 0 saturated heterocycles. The van der Waals surface area contributed by atoms with E-state index < -0.39 is 0 Å². The van der Waals surface area contributed by atoms with Crippen LogP contribution in [0, 0.1) is 0 Å². The van der Waals surface area contributed by atoms with Gasteiger partial charge in [-0.3, -0.25) is 19.9 Å². The van der Waals surface area contributed by atoms with Crippen molar-refractivity contribution in [1.29, 1.82) is 0 Å². The summed E-state index contributed by atoms with van der Waals surface area (Å²) in [6.45, 7) is 0. The summed E-state index contributed by atoms with van der Waals surface area (Å²) in [6.07, 6.45) is 10.6. The molecule has 0 saturated carbocycles. The number of nitrogens with one attached hydrogen (secondary N) is 2. The van der Waals surface area contributed by atoms with Crippen molar-refractivity contribution in [2.75, 3.05) is 5.32 Å². The number of carbonyl (C=O) groups is 1. The molecule has 126 valence electrons. The smallest absolute Gasteiger partial charge is 0.255 e. The number of anilines is 1. The zero-order valence-electron chi connectivity index (χ0n) is 13.8. The number of aromatic nitrogens is 4. The van der Waals surface area contributed by atoms with Gasteiger partial charge in [0.1, 0.15) is 0 Å². The Morgan fingerprint density at radius 3 is 2.69 bits per heavy atom. The highest BCUT2D eigenvalue weighted by Gasteiger charge is 2.08. The Morgan fingerprint density at radius 1 is 1.00 bits per heavy atom. The lowest BCUT2D eigenvalue weighted by Crippen LogP contribution is -2.11. The molecule has 0 fully saturated rings. The number of hydrogen-bond acceptors (Lipinski definition) is 4. The van der Waals surface area contributed by atoms with Gasteiger partial charge in [0.05, 0.1) is 11.2 Å². The van der Waals surface area contributed by atoms with Crippen molar-refractivity contribution in [3.63, 3.8) is 0 Å². The predicted octanol–water partition coefficient (Wildman–Crippen LogP) is 3.78. The monoisotopic (exact) mass is 341 g/mol. The number of H-pyrrole nitrogens is 1. The summed E-state index contributed by atoms with van der Waals surface area (Å²) in [5.74, 6) is -0.178. The van der Waals surface area contributed by atoms with Crippen LogP contribution in [0.2, 0.25) is 0 Å². The summed E-state index contributed by atoms with van der Waals surface area (Å²) in [5, 5.41) is 11.2. The van der Waals surface area contributed by atoms with Crippen molar-refractivity contribution in [1.82, 2.24) is 20.2 Å². The van der Waals surface area contributed by atoms with Crippen LogP contribution < -0.4 is 5.32 Å². The van der Waals surface area contributed by atoms with Gasteiger partial charge in [-0.1, -0.05) is 12.1 Å². The van der Waals surface area contributed by atoms with Gasteiger partial charge in [-0.25, -0.2) is 0 Å². The molecule has 26 heavy (non-hydrogen) atoms. The van der Waals surface area contributed by atoms with E-state index in [4.69, 9.17) is 0 Å². The molecular formula is C20H15N5O. The lowest BCUT2D eigenvalue weighted by atomic mass is 10.1. The van der Waals surface area contributed by atoms with Crippen LogP contribution in [0.25, 0.3) is 23.1 Å². The minimum absolute atomic E-state index is 0.178. The van der Waals surface area contributed by atoms with Gasteiger partial charge < -0.3 is 5.32 Å². The van der Waals surface area contributed by atoms with Gasteiger partial charge in [0, 0.05) is 41.4 Å². The number of benzene rings is 1. The second kappa shape index (κ2) is 6.98. The van der Waals surface area contributed by atoms with E-state index in [1.54, 1.807) is 36.9 Å². The highest BCUT2D eigenvalue weighted by molar-refractivity contribution is 6.05. The largest absolute Gasteiger partial charge is 0.322 e. The molecule has 6 heteroatoms. The fourth-order valence-corrected chi connectivity index (χ4v) is 2.60. The first kappa shape index (κ1) is 15.7. The number of aromatic amines is 1. The Kier molecular flexibility index (Phi) is 4.22. The van der Waals surface area contributed by atoms with E-state index in [2.05, 4.69) is 25.5 Å². The molecule has 0 bridgehead atoms. The average molecular weight is 341 g/mol. The van der Waals surface area contributed by atoms with E-state index >= 15 is 0 Å². The Morgan fingerprint density at radius 2 is 1.88 bits per heavy atom. The molecule has 4 aromatic rings. The molecule has 0 spiro atoms. The normalized spacial score (nSPS) is 11.1. The van der Waals surface area contributed by atoms with Crippen LogP contribution in [-0.2, 0) is 0 Å². The number of pyridine rings is 2. The van der Waals surface area contributed by atoms with Crippen molar-refractivity contribution >= 4 is 34.6 Å². The standard InChI is InChI=1S/C20H15N5O/c26-20(15-7-10-21-11-8-15)23-16-4-6-19-17(12-16)18(24-25-19)5-3-14-2-1-9-22-13-14/h1-13H,(H,23,26)(H,24,25). The second-order valence-electron chi connectivity index (χ2n) is 5.68. The Balaban J connectivity index is 1.60. The molecular weight excluding hydrogens is 326 g/mol. The van der Waals surface area contributed by atoms with Crippen LogP contribution in [0.5, 0.6) is 0 Å². The fourth-order valence-electron chi connectivity index (χ4n) is 2.60. The maximum Gasteiger partial charge on any atom is 0.255 e. The SMILES string of the molecule is O=C(Nc1ccc2[nH]nc(C=Cc3cccnc3)c2c1)c1ccncc1. The summed E-state index contributed by atoms with van der Waals surface area (Å²) in [7, 11) is 0. The zero-order valence-corrected chi connectivity index (χ0v) is 13.8. The number of fused-ring (bicyclic) bond motifs is 1. The third-order valence-electron chi connectivity index (χ3n) is 3.91. The van der Waals surface area contributed by atoms with Crippen molar-refractivity contribution in [3.05, 3.63) is 84.1 Å². The molecule has 0 atom stereocenters. The zero-order chi connectivity index (χ0) is 17.8. The molecule has 0 aliphatic carbocycles. The molecule has 2 N–H and O–H groups in total. The molecule has 0 aliphatic rings. The maximum atomic E-state index is 12.3. The summed E-state index contributed by atoms with van der Waals surface area (Å²) >= 11 is 0. The fraction of sp³-hybridized carbons (Fsp3) is 0. The van der Waals surface area contributed by atoms with Crippen LogP contribution in [0.15, 0.2) is 67.3 Å². The molecule has 3 aromatic heterocycles.